The Morgan fingerprint density at radius 3 is 1.94 bits per heavy atom. The molecule has 0 aliphatic heterocycles. The van der Waals surface area contributed by atoms with Crippen LogP contribution in [0.3, 0.4) is 0 Å². The molecule has 0 radical (unpaired) electrons. The van der Waals surface area contributed by atoms with Gasteiger partial charge in [0.2, 0.25) is 5.91 Å². The van der Waals surface area contributed by atoms with E-state index in [2.05, 4.69) is 81.2 Å². The molecular weight excluding hydrogens is 611 g/mol. The molecule has 3 aromatic rings. The third-order valence-electron chi connectivity index (χ3n) is 7.67. The van der Waals surface area contributed by atoms with E-state index in [0.29, 0.717) is 29.3 Å². The molecule has 0 heterocycles. The first-order valence-electron chi connectivity index (χ1n) is 15.7. The predicted molar refractivity (Wildman–Crippen MR) is 191 cm³/mol. The van der Waals surface area contributed by atoms with Crippen LogP contribution in [0.5, 0.6) is 0 Å². The number of aliphatic imine (C=N–C) groups is 1. The van der Waals surface area contributed by atoms with E-state index in [1.165, 1.54) is 5.56 Å². The van der Waals surface area contributed by atoms with Crippen molar-refractivity contribution in [3.05, 3.63) is 124 Å². The summed E-state index contributed by atoms with van der Waals surface area (Å²) in [7, 11) is -4.17. The molecule has 8 nitrogen and oxygen atoms in total. The number of hydrogen-bond acceptors (Lipinski definition) is 5. The molecule has 3 N–H and O–H groups in total. The Labute approximate surface area is 279 Å². The highest BCUT2D eigenvalue weighted by molar-refractivity contribution is 7.85. The van der Waals surface area contributed by atoms with Gasteiger partial charge in [-0.25, -0.2) is 0 Å². The molecule has 0 saturated heterocycles. The van der Waals surface area contributed by atoms with Gasteiger partial charge in [-0.05, 0) is 84.4 Å². The summed E-state index contributed by atoms with van der Waals surface area (Å²) in [6.07, 6.45) is 5.05. The minimum atomic E-state index is -4.17. The minimum Gasteiger partial charge on any atom is -0.351 e. The van der Waals surface area contributed by atoms with E-state index in [0.717, 1.165) is 28.7 Å². The summed E-state index contributed by atoms with van der Waals surface area (Å²) in [6.45, 7) is 16.2. The SMILES string of the molecule is C=N/C(=C\C=C(/C)NC(=O)C(Cc1ccc(C(=O)NCCS(=O)(=O)O)cc1)c1ccc(C(C)(C)C)cc1)c1ccc(CC(C)C)cc1. The van der Waals surface area contributed by atoms with Crippen LogP contribution in [-0.2, 0) is 33.2 Å². The summed E-state index contributed by atoms with van der Waals surface area (Å²) in [5, 5.41) is 5.53. The van der Waals surface area contributed by atoms with E-state index < -0.39 is 27.7 Å². The molecule has 0 aromatic heterocycles. The fraction of sp³-hybridized carbons (Fsp3) is 0.342. The van der Waals surface area contributed by atoms with Crippen molar-refractivity contribution in [3.63, 3.8) is 0 Å². The van der Waals surface area contributed by atoms with Gasteiger partial charge in [-0.15, -0.1) is 0 Å². The van der Waals surface area contributed by atoms with Crippen molar-refractivity contribution in [1.82, 2.24) is 10.6 Å². The van der Waals surface area contributed by atoms with Gasteiger partial charge in [0, 0.05) is 23.4 Å². The van der Waals surface area contributed by atoms with Gasteiger partial charge in [-0.2, -0.15) is 8.42 Å². The quantitative estimate of drug-likeness (QED) is 0.0990. The minimum absolute atomic E-state index is 0.0364. The standard InChI is InChI=1S/C38H47N3O5S/c1-26(2)24-28-9-13-31(14-10-28)35(39-7)21-8-27(3)41-37(43)34(30-17-19-33(20-18-30)38(4,5)6)25-29-11-15-32(16-12-29)36(42)40-22-23-47(44,45)46/h8-21,26,34H,7,22-25H2,1-6H3,(H,40,42)(H,41,43)(H,44,45,46)/b27-8+,35-21-. The number of carbonyl (C=O) groups is 2. The number of nitrogens with one attached hydrogen (secondary N) is 2. The normalized spacial score (nSPS) is 13.3. The molecule has 0 aliphatic rings. The maximum absolute atomic E-state index is 13.8. The molecular formula is C38H47N3O5S. The van der Waals surface area contributed by atoms with Crippen LogP contribution in [-0.4, -0.2) is 43.8 Å². The van der Waals surface area contributed by atoms with Gasteiger partial charge in [-0.1, -0.05) is 95.3 Å². The number of amides is 2. The molecule has 1 atom stereocenters. The van der Waals surface area contributed by atoms with Crippen molar-refractivity contribution >= 4 is 34.3 Å². The Bertz CT molecular complexity index is 1700. The Kier molecular flexibility index (Phi) is 13.0. The second kappa shape index (κ2) is 16.5. The fourth-order valence-corrected chi connectivity index (χ4v) is 5.41. The number of allylic oxidation sites excluding steroid dienone is 3. The molecule has 3 aromatic carbocycles. The Morgan fingerprint density at radius 1 is 0.872 bits per heavy atom. The first-order chi connectivity index (χ1) is 22.1. The Balaban J connectivity index is 1.81. The highest BCUT2D eigenvalue weighted by Gasteiger charge is 2.23. The van der Waals surface area contributed by atoms with Gasteiger partial charge in [0.1, 0.15) is 0 Å². The molecule has 47 heavy (non-hydrogen) atoms. The van der Waals surface area contributed by atoms with Crippen molar-refractivity contribution in [2.24, 2.45) is 10.9 Å². The molecule has 250 valence electrons. The maximum atomic E-state index is 13.8. The van der Waals surface area contributed by atoms with E-state index in [1.54, 1.807) is 24.3 Å². The summed E-state index contributed by atoms with van der Waals surface area (Å²) < 4.78 is 30.8. The molecule has 9 heteroatoms. The Hall–Kier alpha value is -4.34. The van der Waals surface area contributed by atoms with Crippen LogP contribution in [0.4, 0.5) is 0 Å². The van der Waals surface area contributed by atoms with Gasteiger partial charge < -0.3 is 10.6 Å². The monoisotopic (exact) mass is 657 g/mol. The predicted octanol–water partition coefficient (Wildman–Crippen LogP) is 6.89. The van der Waals surface area contributed by atoms with Gasteiger partial charge in [0.25, 0.3) is 16.0 Å². The molecule has 0 fully saturated rings. The van der Waals surface area contributed by atoms with E-state index in [9.17, 15) is 18.0 Å². The van der Waals surface area contributed by atoms with E-state index in [1.807, 2.05) is 43.3 Å². The first kappa shape index (κ1) is 37.1. The number of hydrogen-bond donors (Lipinski definition) is 3. The molecule has 2 amide bonds. The van der Waals surface area contributed by atoms with Crippen molar-refractivity contribution < 1.29 is 22.6 Å². The van der Waals surface area contributed by atoms with Crippen LogP contribution in [0, 0.1) is 5.92 Å². The second-order valence-electron chi connectivity index (χ2n) is 13.2. The van der Waals surface area contributed by atoms with Crippen LogP contribution in [0.15, 0.2) is 95.6 Å². The summed E-state index contributed by atoms with van der Waals surface area (Å²) in [5.41, 5.74) is 6.73. The van der Waals surface area contributed by atoms with Crippen LogP contribution in [0.1, 0.15) is 85.6 Å². The zero-order valence-electron chi connectivity index (χ0n) is 28.2. The summed E-state index contributed by atoms with van der Waals surface area (Å²) in [5.74, 6) is -1.14. The topological polar surface area (TPSA) is 125 Å². The number of nitrogens with zero attached hydrogens (tertiary/aromatic N) is 1. The highest BCUT2D eigenvalue weighted by Crippen LogP contribution is 2.27. The highest BCUT2D eigenvalue weighted by atomic mass is 32.2. The zero-order chi connectivity index (χ0) is 34.8. The lowest BCUT2D eigenvalue weighted by Gasteiger charge is -2.22. The lowest BCUT2D eigenvalue weighted by molar-refractivity contribution is -0.121. The summed E-state index contributed by atoms with van der Waals surface area (Å²) >= 11 is 0. The van der Waals surface area contributed by atoms with Crippen molar-refractivity contribution in [2.45, 2.75) is 65.7 Å². The van der Waals surface area contributed by atoms with Crippen molar-refractivity contribution in [3.8, 4) is 0 Å². The van der Waals surface area contributed by atoms with Gasteiger partial charge in [-0.3, -0.25) is 19.1 Å². The number of rotatable bonds is 14. The lowest BCUT2D eigenvalue weighted by Crippen LogP contribution is -2.29. The fourth-order valence-electron chi connectivity index (χ4n) is 5.05. The van der Waals surface area contributed by atoms with Crippen LogP contribution in [0.2, 0.25) is 0 Å². The maximum Gasteiger partial charge on any atom is 0.266 e. The van der Waals surface area contributed by atoms with Crippen molar-refractivity contribution in [1.29, 1.82) is 0 Å². The Morgan fingerprint density at radius 2 is 1.43 bits per heavy atom. The third kappa shape index (κ3) is 12.1. The zero-order valence-corrected chi connectivity index (χ0v) is 29.0. The van der Waals surface area contributed by atoms with Crippen LogP contribution >= 0.6 is 0 Å². The summed E-state index contributed by atoms with van der Waals surface area (Å²) in [6, 6.07) is 23.2. The first-order valence-corrected chi connectivity index (χ1v) is 17.3. The molecule has 0 bridgehead atoms. The van der Waals surface area contributed by atoms with Crippen LogP contribution in [0.25, 0.3) is 5.70 Å². The van der Waals surface area contributed by atoms with Crippen LogP contribution < -0.4 is 10.6 Å². The second-order valence-corrected chi connectivity index (χ2v) is 14.8. The summed E-state index contributed by atoms with van der Waals surface area (Å²) in [4.78, 5) is 30.4. The molecule has 0 aliphatic carbocycles. The molecule has 1 unspecified atom stereocenters. The average Bonchev–Trinajstić information content (AvgIpc) is 3.00. The van der Waals surface area contributed by atoms with Gasteiger partial charge in [0.05, 0.1) is 17.4 Å². The third-order valence-corrected chi connectivity index (χ3v) is 8.39. The number of benzene rings is 3. The van der Waals surface area contributed by atoms with Gasteiger partial charge >= 0.3 is 0 Å². The average molecular weight is 658 g/mol. The van der Waals surface area contributed by atoms with Gasteiger partial charge in [0.15, 0.2) is 0 Å². The van der Waals surface area contributed by atoms with E-state index in [-0.39, 0.29) is 17.9 Å². The smallest absolute Gasteiger partial charge is 0.266 e. The number of carbonyl (C=O) groups excluding carboxylic acids is 2. The molecule has 3 rings (SSSR count). The lowest BCUT2D eigenvalue weighted by atomic mass is 9.84. The van der Waals surface area contributed by atoms with E-state index in [4.69, 9.17) is 4.55 Å². The van der Waals surface area contributed by atoms with Crippen molar-refractivity contribution in [2.75, 3.05) is 12.3 Å². The van der Waals surface area contributed by atoms with E-state index >= 15 is 0 Å². The molecule has 0 spiro atoms. The molecule has 0 saturated carbocycles. The largest absolute Gasteiger partial charge is 0.351 e.